The Labute approximate surface area is 124 Å². The van der Waals surface area contributed by atoms with Gasteiger partial charge in [-0.2, -0.15) is 0 Å². The molecule has 0 unspecified atom stereocenters. The number of anilines is 1. The maximum absolute atomic E-state index is 6.38. The molecule has 20 heavy (non-hydrogen) atoms. The molecule has 1 saturated carbocycles. The van der Waals surface area contributed by atoms with Crippen molar-refractivity contribution in [1.29, 1.82) is 0 Å². The minimum absolute atomic E-state index is 0.561. The zero-order chi connectivity index (χ0) is 14.3. The minimum atomic E-state index is 0.561. The number of hydrogen-bond donors (Lipinski definition) is 1. The van der Waals surface area contributed by atoms with Gasteiger partial charge in [0.15, 0.2) is 0 Å². The maximum Gasteiger partial charge on any atom is 0.132 e. The highest BCUT2D eigenvalue weighted by atomic mass is 35.5. The largest absolute Gasteiger partial charge is 0.383 e. The van der Waals surface area contributed by atoms with Gasteiger partial charge in [0, 0.05) is 23.0 Å². The summed E-state index contributed by atoms with van der Waals surface area (Å²) in [6.07, 6.45) is 4.50. The van der Waals surface area contributed by atoms with Gasteiger partial charge in [-0.05, 0) is 43.9 Å². The third-order valence-electron chi connectivity index (χ3n) is 3.85. The van der Waals surface area contributed by atoms with Crippen LogP contribution in [0, 0.1) is 6.92 Å². The first kappa shape index (κ1) is 13.5. The molecule has 2 N–H and O–H groups in total. The molecule has 0 radical (unpaired) electrons. The molecule has 2 aromatic rings. The summed E-state index contributed by atoms with van der Waals surface area (Å²) in [5.74, 6) is 1.93. The van der Waals surface area contributed by atoms with E-state index < -0.39 is 0 Å². The van der Waals surface area contributed by atoms with Gasteiger partial charge in [-0.25, -0.2) is 4.98 Å². The molecule has 1 aromatic heterocycles. The van der Waals surface area contributed by atoms with Gasteiger partial charge in [0.25, 0.3) is 0 Å². The van der Waals surface area contributed by atoms with Crippen LogP contribution in [0.2, 0.25) is 5.02 Å². The van der Waals surface area contributed by atoms with E-state index in [4.69, 9.17) is 22.3 Å². The molecule has 1 aliphatic carbocycles. The quantitative estimate of drug-likeness (QED) is 0.907. The third-order valence-corrected chi connectivity index (χ3v) is 4.09. The summed E-state index contributed by atoms with van der Waals surface area (Å²) in [4.78, 5) is 4.82. The highest BCUT2D eigenvalue weighted by molar-refractivity contribution is 6.30. The molecule has 0 amide bonds. The van der Waals surface area contributed by atoms with Crippen LogP contribution in [0.3, 0.4) is 0 Å². The lowest BCUT2D eigenvalue weighted by molar-refractivity contribution is 0.676. The summed E-state index contributed by atoms with van der Waals surface area (Å²) in [5.41, 5.74) is 9.50. The van der Waals surface area contributed by atoms with Crippen LogP contribution in [0.15, 0.2) is 18.2 Å². The number of hydrogen-bond acceptors (Lipinski definition) is 2. The molecule has 106 valence electrons. The topological polar surface area (TPSA) is 43.8 Å². The lowest BCUT2D eigenvalue weighted by Gasteiger charge is -2.08. The Kier molecular flexibility index (Phi) is 3.47. The van der Waals surface area contributed by atoms with E-state index in [0.717, 1.165) is 46.3 Å². The number of nitrogens with zero attached hydrogens (tertiary/aromatic N) is 2. The molecular formula is C16H20ClN3. The molecule has 1 heterocycles. The van der Waals surface area contributed by atoms with Crippen LogP contribution in [0.1, 0.15) is 43.6 Å². The van der Waals surface area contributed by atoms with Crippen molar-refractivity contribution in [3.63, 3.8) is 0 Å². The summed E-state index contributed by atoms with van der Waals surface area (Å²) in [6.45, 7) is 4.23. The van der Waals surface area contributed by atoms with Crippen LogP contribution in [-0.2, 0) is 6.42 Å². The summed E-state index contributed by atoms with van der Waals surface area (Å²) in [7, 11) is 0. The van der Waals surface area contributed by atoms with Gasteiger partial charge in [-0.3, -0.25) is 0 Å². The molecule has 0 aliphatic heterocycles. The molecule has 4 heteroatoms. The Hall–Kier alpha value is -1.48. The summed E-state index contributed by atoms with van der Waals surface area (Å²) in [5, 5.41) is 0.750. The van der Waals surface area contributed by atoms with Crippen LogP contribution in [0.4, 0.5) is 5.82 Å². The van der Waals surface area contributed by atoms with Crippen molar-refractivity contribution in [2.45, 2.75) is 45.6 Å². The van der Waals surface area contributed by atoms with Crippen molar-refractivity contribution in [3.05, 3.63) is 34.6 Å². The molecular weight excluding hydrogens is 270 g/mol. The minimum Gasteiger partial charge on any atom is -0.383 e. The van der Waals surface area contributed by atoms with Crippen LogP contribution in [0.5, 0.6) is 0 Å². The Balaban J connectivity index is 2.11. The van der Waals surface area contributed by atoms with Gasteiger partial charge in [0.05, 0.1) is 0 Å². The van der Waals surface area contributed by atoms with Crippen molar-refractivity contribution >= 4 is 17.4 Å². The lowest BCUT2D eigenvalue weighted by Crippen LogP contribution is -2.05. The predicted octanol–water partition coefficient (Wildman–Crippen LogP) is 4.38. The van der Waals surface area contributed by atoms with Crippen molar-refractivity contribution in [2.24, 2.45) is 0 Å². The molecule has 0 bridgehead atoms. The molecule has 0 saturated heterocycles. The van der Waals surface area contributed by atoms with Gasteiger partial charge in [-0.1, -0.05) is 24.6 Å². The van der Waals surface area contributed by atoms with Crippen LogP contribution < -0.4 is 5.73 Å². The molecule has 1 aliphatic rings. The van der Waals surface area contributed by atoms with E-state index in [-0.39, 0.29) is 0 Å². The second-order valence-electron chi connectivity index (χ2n) is 5.57. The number of nitrogens with two attached hydrogens (primary N) is 1. The number of nitrogen functional groups attached to an aromatic ring is 1. The summed E-state index contributed by atoms with van der Waals surface area (Å²) < 4.78 is 2.24. The number of aromatic nitrogens is 2. The van der Waals surface area contributed by atoms with Crippen LogP contribution >= 0.6 is 11.6 Å². The average Bonchev–Trinajstić information content (AvgIpc) is 3.17. The number of rotatable bonds is 4. The average molecular weight is 290 g/mol. The Morgan fingerprint density at radius 3 is 2.75 bits per heavy atom. The first-order valence-electron chi connectivity index (χ1n) is 7.25. The van der Waals surface area contributed by atoms with Crippen LogP contribution in [0.25, 0.3) is 11.3 Å². The molecule has 1 aromatic carbocycles. The van der Waals surface area contributed by atoms with Crippen molar-refractivity contribution in [2.75, 3.05) is 5.73 Å². The Bertz CT molecular complexity index is 641. The van der Waals surface area contributed by atoms with Gasteiger partial charge in [0.2, 0.25) is 0 Å². The molecule has 3 nitrogen and oxygen atoms in total. The highest BCUT2D eigenvalue weighted by Gasteiger charge is 2.29. The van der Waals surface area contributed by atoms with Crippen molar-refractivity contribution < 1.29 is 0 Å². The van der Waals surface area contributed by atoms with Crippen molar-refractivity contribution in [3.8, 4) is 11.3 Å². The van der Waals surface area contributed by atoms with E-state index in [0.29, 0.717) is 6.04 Å². The van der Waals surface area contributed by atoms with E-state index in [1.165, 1.54) is 12.8 Å². The standard InChI is InChI=1S/C16H20ClN3/c1-3-4-14-19-15(16(18)20(14)12-6-7-12)13-8-5-11(17)9-10(13)2/h5,8-9,12H,3-4,6-7,18H2,1-2H3. The fourth-order valence-electron chi connectivity index (χ4n) is 2.72. The molecule has 1 fully saturated rings. The third kappa shape index (κ3) is 2.31. The fraction of sp³-hybridized carbons (Fsp3) is 0.438. The predicted molar refractivity (Wildman–Crippen MR) is 84.1 cm³/mol. The second-order valence-corrected chi connectivity index (χ2v) is 6.01. The van der Waals surface area contributed by atoms with Gasteiger partial charge < -0.3 is 10.3 Å². The van der Waals surface area contributed by atoms with Gasteiger partial charge in [-0.15, -0.1) is 0 Å². The highest BCUT2D eigenvalue weighted by Crippen LogP contribution is 2.41. The maximum atomic E-state index is 6.38. The lowest BCUT2D eigenvalue weighted by atomic mass is 10.1. The van der Waals surface area contributed by atoms with Crippen LogP contribution in [-0.4, -0.2) is 9.55 Å². The molecule has 3 rings (SSSR count). The number of aryl methyl sites for hydroxylation is 2. The van der Waals surface area contributed by atoms with E-state index in [9.17, 15) is 0 Å². The van der Waals surface area contributed by atoms with Crippen molar-refractivity contribution in [1.82, 2.24) is 9.55 Å². The number of imidazole rings is 1. The summed E-state index contributed by atoms with van der Waals surface area (Å²) >= 11 is 6.03. The fourth-order valence-corrected chi connectivity index (χ4v) is 2.95. The zero-order valence-electron chi connectivity index (χ0n) is 12.0. The first-order chi connectivity index (χ1) is 9.61. The first-order valence-corrected chi connectivity index (χ1v) is 7.62. The normalized spacial score (nSPS) is 14.8. The second kappa shape index (κ2) is 5.13. The molecule has 0 spiro atoms. The zero-order valence-corrected chi connectivity index (χ0v) is 12.7. The smallest absolute Gasteiger partial charge is 0.132 e. The number of halogens is 1. The van der Waals surface area contributed by atoms with E-state index in [2.05, 4.69) is 18.4 Å². The van der Waals surface area contributed by atoms with Gasteiger partial charge in [0.1, 0.15) is 17.3 Å². The van der Waals surface area contributed by atoms with E-state index in [1.807, 2.05) is 18.2 Å². The SMILES string of the molecule is CCCc1nc(-c2ccc(Cl)cc2C)c(N)n1C1CC1. The Morgan fingerprint density at radius 1 is 1.40 bits per heavy atom. The molecule has 0 atom stereocenters. The Morgan fingerprint density at radius 2 is 2.15 bits per heavy atom. The van der Waals surface area contributed by atoms with Gasteiger partial charge >= 0.3 is 0 Å². The summed E-state index contributed by atoms with van der Waals surface area (Å²) in [6, 6.07) is 6.44. The van der Waals surface area contributed by atoms with E-state index >= 15 is 0 Å². The monoisotopic (exact) mass is 289 g/mol. The van der Waals surface area contributed by atoms with E-state index in [1.54, 1.807) is 0 Å². The number of benzene rings is 1.